The van der Waals surface area contributed by atoms with Crippen molar-refractivity contribution in [2.75, 3.05) is 0 Å². The molecule has 5 rings (SSSR count). The Labute approximate surface area is 147 Å². The SMILES string of the molecule is N#Cc1nc2nc3c4ccccc4c4ccccc4c3nc2nc1C#N. The second-order valence-electron chi connectivity index (χ2n) is 5.80. The Morgan fingerprint density at radius 2 is 0.923 bits per heavy atom. The molecule has 0 aliphatic heterocycles. The minimum Gasteiger partial charge on any atom is -0.223 e. The number of hydrogen-bond acceptors (Lipinski definition) is 6. The highest BCUT2D eigenvalue weighted by Gasteiger charge is 2.15. The average Bonchev–Trinajstić information content (AvgIpc) is 2.71. The zero-order chi connectivity index (χ0) is 17.7. The standard InChI is InChI=1S/C20H8N6/c21-9-15-16(10-22)24-20-19(23-15)25-17-13-7-3-1-5-11(13)12-6-2-4-8-14(12)18(17)26-20/h1-8H. The molecule has 0 saturated carbocycles. The van der Waals surface area contributed by atoms with Gasteiger partial charge in [0.1, 0.15) is 12.1 Å². The number of aromatic nitrogens is 4. The first-order valence-electron chi connectivity index (χ1n) is 7.89. The fourth-order valence-corrected chi connectivity index (χ4v) is 3.27. The van der Waals surface area contributed by atoms with Crippen LogP contribution in [0.4, 0.5) is 0 Å². The predicted molar refractivity (Wildman–Crippen MR) is 97.1 cm³/mol. The first-order valence-corrected chi connectivity index (χ1v) is 7.89. The van der Waals surface area contributed by atoms with Crippen molar-refractivity contribution in [1.82, 2.24) is 19.9 Å². The lowest BCUT2D eigenvalue weighted by atomic mass is 10.00. The highest BCUT2D eigenvalue weighted by molar-refractivity contribution is 6.23. The Kier molecular flexibility index (Phi) is 2.82. The van der Waals surface area contributed by atoms with E-state index in [4.69, 9.17) is 0 Å². The van der Waals surface area contributed by atoms with Crippen molar-refractivity contribution in [2.45, 2.75) is 0 Å². The second kappa shape index (κ2) is 5.17. The summed E-state index contributed by atoms with van der Waals surface area (Å²) >= 11 is 0. The fourth-order valence-electron chi connectivity index (χ4n) is 3.27. The molecule has 0 saturated heterocycles. The molecule has 0 aliphatic carbocycles. The van der Waals surface area contributed by atoms with E-state index in [0.29, 0.717) is 11.0 Å². The number of hydrogen-bond donors (Lipinski definition) is 0. The molecular formula is C20H8N6. The summed E-state index contributed by atoms with van der Waals surface area (Å²) in [6, 6.07) is 19.7. The Bertz CT molecular complexity index is 1350. The molecule has 0 fully saturated rings. The van der Waals surface area contributed by atoms with Crippen LogP contribution in [-0.4, -0.2) is 19.9 Å². The summed E-state index contributed by atoms with van der Waals surface area (Å²) in [5.74, 6) is 0. The van der Waals surface area contributed by atoms with Gasteiger partial charge in [0.05, 0.1) is 11.0 Å². The Balaban J connectivity index is 2.07. The van der Waals surface area contributed by atoms with E-state index in [-0.39, 0.29) is 22.7 Å². The van der Waals surface area contributed by atoms with Crippen LogP contribution < -0.4 is 0 Å². The van der Waals surface area contributed by atoms with Gasteiger partial charge in [0, 0.05) is 10.8 Å². The van der Waals surface area contributed by atoms with Crippen LogP contribution in [0.3, 0.4) is 0 Å². The van der Waals surface area contributed by atoms with Crippen molar-refractivity contribution in [1.29, 1.82) is 10.5 Å². The Morgan fingerprint density at radius 1 is 0.538 bits per heavy atom. The molecule has 5 aromatic rings. The van der Waals surface area contributed by atoms with E-state index in [9.17, 15) is 10.5 Å². The van der Waals surface area contributed by atoms with Gasteiger partial charge >= 0.3 is 0 Å². The molecule has 0 amide bonds. The van der Waals surface area contributed by atoms with E-state index in [1.54, 1.807) is 0 Å². The molecule has 3 aromatic carbocycles. The first-order chi connectivity index (χ1) is 12.8. The van der Waals surface area contributed by atoms with Gasteiger partial charge in [-0.2, -0.15) is 10.5 Å². The van der Waals surface area contributed by atoms with Crippen LogP contribution in [0, 0.1) is 22.7 Å². The molecule has 0 radical (unpaired) electrons. The lowest BCUT2D eigenvalue weighted by Crippen LogP contribution is -2.00. The monoisotopic (exact) mass is 332 g/mol. The highest BCUT2D eigenvalue weighted by Crippen LogP contribution is 2.33. The van der Waals surface area contributed by atoms with Crippen molar-refractivity contribution < 1.29 is 0 Å². The van der Waals surface area contributed by atoms with Gasteiger partial charge < -0.3 is 0 Å². The van der Waals surface area contributed by atoms with Crippen molar-refractivity contribution >= 4 is 43.9 Å². The number of benzene rings is 3. The van der Waals surface area contributed by atoms with E-state index in [1.165, 1.54) is 0 Å². The summed E-state index contributed by atoms with van der Waals surface area (Å²) in [4.78, 5) is 17.7. The van der Waals surface area contributed by atoms with Crippen LogP contribution in [0.2, 0.25) is 0 Å². The maximum Gasteiger partial charge on any atom is 0.199 e. The largest absolute Gasteiger partial charge is 0.223 e. The van der Waals surface area contributed by atoms with Gasteiger partial charge in [-0.15, -0.1) is 0 Å². The van der Waals surface area contributed by atoms with Gasteiger partial charge in [-0.3, -0.25) is 0 Å². The summed E-state index contributed by atoms with van der Waals surface area (Å²) in [5, 5.41) is 22.4. The first kappa shape index (κ1) is 14.2. The molecule has 6 heteroatoms. The topological polar surface area (TPSA) is 99.1 Å². The van der Waals surface area contributed by atoms with Gasteiger partial charge in [0.15, 0.2) is 22.7 Å². The number of fused-ring (bicyclic) bond motifs is 7. The van der Waals surface area contributed by atoms with Gasteiger partial charge in [-0.25, -0.2) is 19.9 Å². The molecule has 0 N–H and O–H groups in total. The molecule has 0 bridgehead atoms. The fraction of sp³-hybridized carbons (Fsp3) is 0. The zero-order valence-electron chi connectivity index (χ0n) is 13.3. The van der Waals surface area contributed by atoms with E-state index >= 15 is 0 Å². The quantitative estimate of drug-likeness (QED) is 0.317. The van der Waals surface area contributed by atoms with Gasteiger partial charge in [0.2, 0.25) is 0 Å². The van der Waals surface area contributed by atoms with E-state index in [2.05, 4.69) is 19.9 Å². The van der Waals surface area contributed by atoms with E-state index < -0.39 is 0 Å². The van der Waals surface area contributed by atoms with Crippen molar-refractivity contribution in [3.8, 4) is 12.1 Å². The van der Waals surface area contributed by atoms with Gasteiger partial charge in [-0.1, -0.05) is 48.5 Å². The summed E-state index contributed by atoms with van der Waals surface area (Å²) in [5.41, 5.74) is 1.84. The number of nitriles is 2. The van der Waals surface area contributed by atoms with Crippen molar-refractivity contribution in [2.24, 2.45) is 0 Å². The summed E-state index contributed by atoms with van der Waals surface area (Å²) < 4.78 is 0. The second-order valence-corrected chi connectivity index (χ2v) is 5.80. The number of nitrogens with zero attached hydrogens (tertiary/aromatic N) is 6. The van der Waals surface area contributed by atoms with E-state index in [1.807, 2.05) is 60.7 Å². The van der Waals surface area contributed by atoms with Gasteiger partial charge in [-0.05, 0) is 10.8 Å². The molecule has 0 unspecified atom stereocenters. The van der Waals surface area contributed by atoms with E-state index in [0.717, 1.165) is 21.5 Å². The van der Waals surface area contributed by atoms with Crippen LogP contribution in [0.1, 0.15) is 11.4 Å². The smallest absolute Gasteiger partial charge is 0.199 e. The van der Waals surface area contributed by atoms with Crippen molar-refractivity contribution in [3.63, 3.8) is 0 Å². The highest BCUT2D eigenvalue weighted by atomic mass is 15.0. The van der Waals surface area contributed by atoms with Gasteiger partial charge in [0.25, 0.3) is 0 Å². The minimum atomic E-state index is -0.0428. The maximum absolute atomic E-state index is 9.18. The average molecular weight is 332 g/mol. The maximum atomic E-state index is 9.18. The molecule has 0 atom stereocenters. The molecule has 118 valence electrons. The zero-order valence-corrected chi connectivity index (χ0v) is 13.3. The predicted octanol–water partition coefficient (Wildman–Crippen LogP) is 3.62. The minimum absolute atomic E-state index is 0.0428. The molecule has 2 aromatic heterocycles. The Hall–Kier alpha value is -4.16. The molecule has 0 spiro atoms. The third-order valence-corrected chi connectivity index (χ3v) is 4.39. The lowest BCUT2D eigenvalue weighted by Gasteiger charge is -2.09. The van der Waals surface area contributed by atoms with Crippen LogP contribution in [0.5, 0.6) is 0 Å². The lowest BCUT2D eigenvalue weighted by molar-refractivity contribution is 1.14. The molecule has 26 heavy (non-hydrogen) atoms. The molecule has 2 heterocycles. The third-order valence-electron chi connectivity index (χ3n) is 4.39. The van der Waals surface area contributed by atoms with Crippen molar-refractivity contribution in [3.05, 3.63) is 59.9 Å². The Morgan fingerprint density at radius 3 is 1.31 bits per heavy atom. The summed E-state index contributed by atoms with van der Waals surface area (Å²) in [6.45, 7) is 0. The van der Waals surface area contributed by atoms with Crippen LogP contribution >= 0.6 is 0 Å². The summed E-state index contributed by atoms with van der Waals surface area (Å²) in [6.07, 6.45) is 0. The van der Waals surface area contributed by atoms with Crippen LogP contribution in [0.15, 0.2) is 48.5 Å². The number of rotatable bonds is 0. The molecule has 6 nitrogen and oxygen atoms in total. The van der Waals surface area contributed by atoms with Crippen LogP contribution in [-0.2, 0) is 0 Å². The molecule has 0 aliphatic rings. The molecular weight excluding hydrogens is 324 g/mol. The van der Waals surface area contributed by atoms with Crippen LogP contribution in [0.25, 0.3) is 43.9 Å². The normalized spacial score (nSPS) is 11.0. The summed E-state index contributed by atoms with van der Waals surface area (Å²) in [7, 11) is 0. The third kappa shape index (κ3) is 1.84.